The van der Waals surface area contributed by atoms with E-state index in [1.165, 1.54) is 24.1 Å². The summed E-state index contributed by atoms with van der Waals surface area (Å²) in [5, 5.41) is 3.71. The molecule has 0 bridgehead atoms. The molecule has 0 amide bonds. The van der Waals surface area contributed by atoms with Crippen molar-refractivity contribution in [2.45, 2.75) is 45.8 Å². The van der Waals surface area contributed by atoms with Gasteiger partial charge in [0.2, 0.25) is 0 Å². The summed E-state index contributed by atoms with van der Waals surface area (Å²) in [7, 11) is 2.22. The number of hydrogen-bond acceptors (Lipinski definition) is 3. The van der Waals surface area contributed by atoms with Crippen molar-refractivity contribution in [1.82, 2.24) is 15.2 Å². The maximum absolute atomic E-state index is 4.21. The molecule has 0 radical (unpaired) electrons. The predicted octanol–water partition coefficient (Wildman–Crippen LogP) is 2.21. The summed E-state index contributed by atoms with van der Waals surface area (Å²) >= 11 is 0. The number of nitrogens with one attached hydrogen (secondary N) is 1. The van der Waals surface area contributed by atoms with E-state index in [1.807, 2.05) is 12.4 Å². The molecule has 3 nitrogen and oxygen atoms in total. The number of nitrogens with zero attached hydrogens (tertiary/aromatic N) is 2. The molecule has 1 aromatic rings. The first-order chi connectivity index (χ1) is 8.58. The second-order valence-corrected chi connectivity index (χ2v) is 5.79. The molecular weight excluding hydrogens is 222 g/mol. The second-order valence-electron chi connectivity index (χ2n) is 5.79. The molecule has 2 rings (SSSR count). The Balaban J connectivity index is 1.92. The van der Waals surface area contributed by atoms with Gasteiger partial charge in [-0.1, -0.05) is 6.92 Å². The van der Waals surface area contributed by atoms with E-state index in [0.29, 0.717) is 18.0 Å². The first-order valence-corrected chi connectivity index (χ1v) is 6.91. The Morgan fingerprint density at radius 2 is 2.22 bits per heavy atom. The Labute approximate surface area is 111 Å². The van der Waals surface area contributed by atoms with Crippen molar-refractivity contribution in [3.05, 3.63) is 29.6 Å². The molecule has 18 heavy (non-hydrogen) atoms. The van der Waals surface area contributed by atoms with Crippen LogP contribution in [0.5, 0.6) is 0 Å². The van der Waals surface area contributed by atoms with Crippen molar-refractivity contribution in [3.8, 4) is 0 Å². The van der Waals surface area contributed by atoms with Gasteiger partial charge in [0, 0.05) is 37.6 Å². The minimum Gasteiger partial charge on any atom is -0.309 e. The number of aryl methyl sites for hydroxylation is 1. The molecule has 0 saturated carbocycles. The highest BCUT2D eigenvalue weighted by Crippen LogP contribution is 2.21. The van der Waals surface area contributed by atoms with Crippen LogP contribution in [0.2, 0.25) is 0 Å². The van der Waals surface area contributed by atoms with E-state index in [0.717, 1.165) is 6.54 Å². The summed E-state index contributed by atoms with van der Waals surface area (Å²) in [6.45, 7) is 8.93. The molecule has 1 saturated heterocycles. The number of rotatable bonds is 3. The highest BCUT2D eigenvalue weighted by atomic mass is 15.2. The first-order valence-electron chi connectivity index (χ1n) is 6.91. The van der Waals surface area contributed by atoms with E-state index in [2.05, 4.69) is 49.1 Å². The molecule has 100 valence electrons. The average molecular weight is 247 g/mol. The van der Waals surface area contributed by atoms with Crippen molar-refractivity contribution in [1.29, 1.82) is 0 Å². The van der Waals surface area contributed by atoms with E-state index in [-0.39, 0.29) is 0 Å². The molecule has 0 aliphatic carbocycles. The zero-order valence-electron chi connectivity index (χ0n) is 12.0. The average Bonchev–Trinajstić information content (AvgIpc) is 2.34. The van der Waals surface area contributed by atoms with Gasteiger partial charge in [0.1, 0.15) is 0 Å². The summed E-state index contributed by atoms with van der Waals surface area (Å²) in [6.07, 6.45) is 5.07. The molecule has 2 heterocycles. The molecule has 0 spiro atoms. The van der Waals surface area contributed by atoms with Gasteiger partial charge in [-0.25, -0.2) is 0 Å². The molecule has 0 aromatic carbocycles. The van der Waals surface area contributed by atoms with Gasteiger partial charge in [-0.15, -0.1) is 0 Å². The van der Waals surface area contributed by atoms with E-state index >= 15 is 0 Å². The highest BCUT2D eigenvalue weighted by molar-refractivity contribution is 5.21. The maximum atomic E-state index is 4.21. The van der Waals surface area contributed by atoms with Gasteiger partial charge in [0.15, 0.2) is 0 Å². The van der Waals surface area contributed by atoms with Gasteiger partial charge >= 0.3 is 0 Å². The lowest BCUT2D eigenvalue weighted by Gasteiger charge is -2.40. The molecule has 1 aliphatic heterocycles. The van der Waals surface area contributed by atoms with Crippen LogP contribution >= 0.6 is 0 Å². The summed E-state index contributed by atoms with van der Waals surface area (Å²) in [5.74, 6) is 0.711. The summed E-state index contributed by atoms with van der Waals surface area (Å²) in [5.41, 5.74) is 2.64. The lowest BCUT2D eigenvalue weighted by Crippen LogP contribution is -2.50. The van der Waals surface area contributed by atoms with Gasteiger partial charge in [0.25, 0.3) is 0 Å². The summed E-state index contributed by atoms with van der Waals surface area (Å²) in [6, 6.07) is 3.38. The van der Waals surface area contributed by atoms with Crippen molar-refractivity contribution >= 4 is 0 Å². The highest BCUT2D eigenvalue weighted by Gasteiger charge is 2.28. The topological polar surface area (TPSA) is 28.2 Å². The van der Waals surface area contributed by atoms with Gasteiger partial charge < -0.3 is 10.2 Å². The number of likely N-dealkylation sites (tertiary alicyclic amines) is 1. The van der Waals surface area contributed by atoms with Crippen LogP contribution in [0.25, 0.3) is 0 Å². The van der Waals surface area contributed by atoms with E-state index < -0.39 is 0 Å². The smallest absolute Gasteiger partial charge is 0.0315 e. The fraction of sp³-hybridized carbons (Fsp3) is 0.667. The van der Waals surface area contributed by atoms with Crippen LogP contribution in [-0.4, -0.2) is 35.6 Å². The third kappa shape index (κ3) is 3.09. The molecule has 1 aliphatic rings. The standard InChI is InChI=1S/C15H25N3/c1-11-5-6-16-8-14(11)9-17-15-7-13(3)18(4)10-12(15)2/h5-6,8,12-13,15,17H,7,9-10H2,1-4H3. The molecular formula is C15H25N3. The van der Waals surface area contributed by atoms with Gasteiger partial charge in [0.05, 0.1) is 0 Å². The zero-order valence-corrected chi connectivity index (χ0v) is 12.0. The minimum absolute atomic E-state index is 0.621. The van der Waals surface area contributed by atoms with E-state index in [4.69, 9.17) is 0 Å². The molecule has 3 unspecified atom stereocenters. The Bertz CT molecular complexity index is 391. The Kier molecular flexibility index (Phi) is 4.36. The lowest BCUT2D eigenvalue weighted by atomic mass is 9.89. The third-order valence-corrected chi connectivity index (χ3v) is 4.31. The monoisotopic (exact) mass is 247 g/mol. The zero-order chi connectivity index (χ0) is 13.1. The van der Waals surface area contributed by atoms with Crippen LogP contribution in [0.1, 0.15) is 31.4 Å². The lowest BCUT2D eigenvalue weighted by molar-refractivity contribution is 0.121. The van der Waals surface area contributed by atoms with E-state index in [1.54, 1.807) is 0 Å². The van der Waals surface area contributed by atoms with Crippen molar-refractivity contribution in [2.75, 3.05) is 13.6 Å². The fourth-order valence-corrected chi connectivity index (χ4v) is 2.75. The Morgan fingerprint density at radius 1 is 1.44 bits per heavy atom. The molecule has 3 atom stereocenters. The SMILES string of the molecule is Cc1ccncc1CNC1CC(C)N(C)CC1C. The Morgan fingerprint density at radius 3 is 2.94 bits per heavy atom. The van der Waals surface area contributed by atoms with Crippen LogP contribution in [0.15, 0.2) is 18.5 Å². The normalized spacial score (nSPS) is 29.4. The minimum atomic E-state index is 0.621. The predicted molar refractivity (Wildman–Crippen MR) is 75.5 cm³/mol. The van der Waals surface area contributed by atoms with Crippen molar-refractivity contribution < 1.29 is 0 Å². The first kappa shape index (κ1) is 13.5. The summed E-state index contributed by atoms with van der Waals surface area (Å²) < 4.78 is 0. The largest absolute Gasteiger partial charge is 0.309 e. The Hall–Kier alpha value is -0.930. The van der Waals surface area contributed by atoms with Crippen molar-refractivity contribution in [3.63, 3.8) is 0 Å². The number of pyridine rings is 1. The van der Waals surface area contributed by atoms with Crippen molar-refractivity contribution in [2.24, 2.45) is 5.92 Å². The number of piperidine rings is 1. The quantitative estimate of drug-likeness (QED) is 0.887. The van der Waals surface area contributed by atoms with Crippen LogP contribution < -0.4 is 5.32 Å². The maximum Gasteiger partial charge on any atom is 0.0315 e. The van der Waals surface area contributed by atoms with E-state index in [9.17, 15) is 0 Å². The van der Waals surface area contributed by atoms with Gasteiger partial charge in [-0.2, -0.15) is 0 Å². The number of aromatic nitrogens is 1. The summed E-state index contributed by atoms with van der Waals surface area (Å²) in [4.78, 5) is 6.66. The molecule has 3 heteroatoms. The molecule has 1 N–H and O–H groups in total. The van der Waals surface area contributed by atoms with Crippen LogP contribution in [0, 0.1) is 12.8 Å². The molecule has 1 aromatic heterocycles. The van der Waals surface area contributed by atoms with Gasteiger partial charge in [-0.3, -0.25) is 4.98 Å². The van der Waals surface area contributed by atoms with Crippen LogP contribution in [0.4, 0.5) is 0 Å². The van der Waals surface area contributed by atoms with Crippen LogP contribution in [0.3, 0.4) is 0 Å². The molecule has 1 fully saturated rings. The second kappa shape index (κ2) is 5.81. The fourth-order valence-electron chi connectivity index (χ4n) is 2.75. The van der Waals surface area contributed by atoms with Gasteiger partial charge in [-0.05, 0) is 50.4 Å². The number of hydrogen-bond donors (Lipinski definition) is 1. The third-order valence-electron chi connectivity index (χ3n) is 4.31. The van der Waals surface area contributed by atoms with Crippen LogP contribution in [-0.2, 0) is 6.54 Å².